The van der Waals surface area contributed by atoms with Gasteiger partial charge < -0.3 is 10.6 Å². The molecule has 0 aliphatic carbocycles. The number of fused-ring (bicyclic) bond motifs is 3. The highest BCUT2D eigenvalue weighted by atomic mass is 32.1. The van der Waals surface area contributed by atoms with Gasteiger partial charge in [0.15, 0.2) is 5.01 Å². The summed E-state index contributed by atoms with van der Waals surface area (Å²) in [6.07, 6.45) is 4.02. The molecule has 7 heteroatoms. The number of amides is 2. The molecular weight excluding hydrogens is 360 g/mol. The van der Waals surface area contributed by atoms with Gasteiger partial charge in [-0.25, -0.2) is 4.98 Å². The van der Waals surface area contributed by atoms with Crippen LogP contribution in [0, 0.1) is 5.92 Å². The SMILES string of the molecule is CC(=O)Nc1ccccc1-c1cnc(C(=O)N[C@@H]2C3CCN(CC3)[C@@H]2C)s1. The highest BCUT2D eigenvalue weighted by Crippen LogP contribution is 2.34. The molecule has 3 aliphatic rings. The van der Waals surface area contributed by atoms with Crippen LogP contribution in [0.5, 0.6) is 0 Å². The number of hydrogen-bond donors (Lipinski definition) is 2. The third-order valence-electron chi connectivity index (χ3n) is 5.68. The maximum Gasteiger partial charge on any atom is 0.280 e. The summed E-state index contributed by atoms with van der Waals surface area (Å²) in [6, 6.07) is 8.13. The van der Waals surface area contributed by atoms with Crippen LogP contribution in [0.1, 0.15) is 36.5 Å². The van der Waals surface area contributed by atoms with Crippen molar-refractivity contribution >= 4 is 28.8 Å². The Hall–Kier alpha value is -2.25. The summed E-state index contributed by atoms with van der Waals surface area (Å²) in [6.45, 7) is 5.96. The molecule has 2 amide bonds. The highest BCUT2D eigenvalue weighted by Gasteiger charge is 2.40. The first-order valence-corrected chi connectivity index (χ1v) is 10.2. The second kappa shape index (κ2) is 7.40. The molecule has 0 saturated carbocycles. The lowest BCUT2D eigenvalue weighted by Gasteiger charge is -2.49. The van der Waals surface area contributed by atoms with Gasteiger partial charge in [-0.05, 0) is 44.8 Å². The molecule has 27 heavy (non-hydrogen) atoms. The van der Waals surface area contributed by atoms with Crippen LogP contribution >= 0.6 is 11.3 Å². The summed E-state index contributed by atoms with van der Waals surface area (Å²) < 4.78 is 0. The minimum atomic E-state index is -0.124. The third kappa shape index (κ3) is 3.61. The fourth-order valence-corrected chi connectivity index (χ4v) is 5.12. The van der Waals surface area contributed by atoms with Gasteiger partial charge in [0, 0.05) is 36.5 Å². The van der Waals surface area contributed by atoms with Gasteiger partial charge in [0.25, 0.3) is 5.91 Å². The molecule has 2 N–H and O–H groups in total. The minimum absolute atomic E-state index is 0.103. The van der Waals surface area contributed by atoms with Gasteiger partial charge in [-0.1, -0.05) is 18.2 Å². The second-order valence-corrected chi connectivity index (χ2v) is 8.40. The van der Waals surface area contributed by atoms with E-state index in [0.29, 0.717) is 17.0 Å². The molecule has 3 saturated heterocycles. The zero-order chi connectivity index (χ0) is 19.0. The lowest BCUT2D eigenvalue weighted by molar-refractivity contribution is -0.114. The van der Waals surface area contributed by atoms with E-state index < -0.39 is 0 Å². The smallest absolute Gasteiger partial charge is 0.280 e. The lowest BCUT2D eigenvalue weighted by atomic mass is 9.79. The highest BCUT2D eigenvalue weighted by molar-refractivity contribution is 7.17. The van der Waals surface area contributed by atoms with Crippen LogP contribution in [0.4, 0.5) is 5.69 Å². The number of nitrogens with one attached hydrogen (secondary N) is 2. The lowest BCUT2D eigenvalue weighted by Crippen LogP contribution is -2.62. The summed E-state index contributed by atoms with van der Waals surface area (Å²) in [5.41, 5.74) is 1.60. The Bertz CT molecular complexity index is 855. The number of benzene rings is 1. The number of aromatic nitrogens is 1. The molecule has 1 aromatic heterocycles. The molecule has 3 aliphatic heterocycles. The normalized spacial score (nSPS) is 26.6. The Labute approximate surface area is 163 Å². The van der Waals surface area contributed by atoms with E-state index in [1.54, 1.807) is 6.20 Å². The first-order chi connectivity index (χ1) is 13.0. The Balaban J connectivity index is 1.51. The predicted octanol–water partition coefficient (Wildman–Crippen LogP) is 2.98. The van der Waals surface area contributed by atoms with E-state index in [1.807, 2.05) is 24.3 Å². The largest absolute Gasteiger partial charge is 0.345 e. The standard InChI is InChI=1S/C20H24N4O2S/c1-12-18(14-7-9-24(12)10-8-14)23-19(26)20-21-11-17(27-20)15-5-3-4-6-16(15)22-13(2)25/h3-6,11-12,14,18H,7-10H2,1-2H3,(H,22,25)(H,23,26)/t12-,18+/m1/s1. The van der Waals surface area contributed by atoms with E-state index in [9.17, 15) is 9.59 Å². The van der Waals surface area contributed by atoms with Gasteiger partial charge in [0.05, 0.1) is 4.88 Å². The average Bonchev–Trinajstić information content (AvgIpc) is 3.15. The van der Waals surface area contributed by atoms with E-state index in [-0.39, 0.29) is 17.9 Å². The van der Waals surface area contributed by atoms with Crippen LogP contribution in [-0.4, -0.2) is 46.9 Å². The van der Waals surface area contributed by atoms with E-state index in [0.717, 1.165) is 42.1 Å². The van der Waals surface area contributed by atoms with Crippen LogP contribution < -0.4 is 10.6 Å². The summed E-state index contributed by atoms with van der Waals surface area (Å²) in [5, 5.41) is 6.52. The maximum atomic E-state index is 12.8. The zero-order valence-corrected chi connectivity index (χ0v) is 16.4. The van der Waals surface area contributed by atoms with E-state index in [4.69, 9.17) is 0 Å². The van der Waals surface area contributed by atoms with Crippen LogP contribution in [0.15, 0.2) is 30.5 Å². The molecule has 0 spiro atoms. The van der Waals surface area contributed by atoms with Gasteiger partial charge >= 0.3 is 0 Å². The van der Waals surface area contributed by atoms with Gasteiger partial charge in [0.1, 0.15) is 0 Å². The number of hydrogen-bond acceptors (Lipinski definition) is 5. The fourth-order valence-electron chi connectivity index (χ4n) is 4.26. The molecule has 5 rings (SSSR count). The first kappa shape index (κ1) is 18.1. The predicted molar refractivity (Wildman–Crippen MR) is 107 cm³/mol. The number of carbonyl (C=O) groups excluding carboxylic acids is 2. The van der Waals surface area contributed by atoms with Gasteiger partial charge in [0.2, 0.25) is 5.91 Å². The Morgan fingerprint density at radius 2 is 1.96 bits per heavy atom. The topological polar surface area (TPSA) is 74.3 Å². The number of para-hydroxylation sites is 1. The molecular formula is C20H24N4O2S. The molecule has 2 bridgehead atoms. The Kier molecular flexibility index (Phi) is 4.97. The molecule has 1 aromatic carbocycles. The van der Waals surface area contributed by atoms with Crippen molar-refractivity contribution in [3.05, 3.63) is 35.5 Å². The van der Waals surface area contributed by atoms with E-state index >= 15 is 0 Å². The number of piperidine rings is 3. The quantitative estimate of drug-likeness (QED) is 0.850. The van der Waals surface area contributed by atoms with Crippen molar-refractivity contribution in [2.45, 2.75) is 38.8 Å². The number of nitrogens with zero attached hydrogens (tertiary/aromatic N) is 2. The number of thiazole rings is 1. The van der Waals surface area contributed by atoms with Gasteiger partial charge in [-0.2, -0.15) is 0 Å². The van der Waals surface area contributed by atoms with Crippen molar-refractivity contribution in [1.82, 2.24) is 15.2 Å². The maximum absolute atomic E-state index is 12.8. The van der Waals surface area contributed by atoms with Crippen molar-refractivity contribution in [3.8, 4) is 10.4 Å². The van der Waals surface area contributed by atoms with Crippen LogP contribution in [0.3, 0.4) is 0 Å². The number of anilines is 1. The van der Waals surface area contributed by atoms with Gasteiger partial charge in [-0.3, -0.25) is 14.5 Å². The Morgan fingerprint density at radius 3 is 2.67 bits per heavy atom. The molecule has 2 atom stereocenters. The van der Waals surface area contributed by atoms with Gasteiger partial charge in [-0.15, -0.1) is 11.3 Å². The Morgan fingerprint density at radius 1 is 1.22 bits per heavy atom. The molecule has 2 aromatic rings. The van der Waals surface area contributed by atoms with E-state index in [2.05, 4.69) is 27.4 Å². The average molecular weight is 385 g/mol. The zero-order valence-electron chi connectivity index (χ0n) is 15.6. The minimum Gasteiger partial charge on any atom is -0.345 e. The first-order valence-electron chi connectivity index (χ1n) is 9.40. The molecule has 0 unspecified atom stereocenters. The molecule has 6 nitrogen and oxygen atoms in total. The van der Waals surface area contributed by atoms with Crippen molar-refractivity contribution in [3.63, 3.8) is 0 Å². The van der Waals surface area contributed by atoms with Crippen LogP contribution in [0.25, 0.3) is 10.4 Å². The molecule has 4 heterocycles. The number of rotatable bonds is 4. The molecule has 142 valence electrons. The summed E-state index contributed by atoms with van der Waals surface area (Å²) in [4.78, 5) is 31.9. The van der Waals surface area contributed by atoms with Crippen molar-refractivity contribution in [2.75, 3.05) is 18.4 Å². The second-order valence-electron chi connectivity index (χ2n) is 7.37. The third-order valence-corrected chi connectivity index (χ3v) is 6.71. The monoisotopic (exact) mass is 384 g/mol. The fraction of sp³-hybridized carbons (Fsp3) is 0.450. The summed E-state index contributed by atoms with van der Waals surface area (Å²) >= 11 is 1.36. The van der Waals surface area contributed by atoms with Crippen LogP contribution in [0.2, 0.25) is 0 Å². The van der Waals surface area contributed by atoms with Crippen LogP contribution in [-0.2, 0) is 4.79 Å². The van der Waals surface area contributed by atoms with E-state index in [1.165, 1.54) is 18.3 Å². The number of carbonyl (C=O) groups is 2. The molecule has 0 radical (unpaired) electrons. The summed E-state index contributed by atoms with van der Waals surface area (Å²) in [5.74, 6) is 0.337. The van der Waals surface area contributed by atoms with Crippen molar-refractivity contribution in [1.29, 1.82) is 0 Å². The molecule has 3 fully saturated rings. The summed E-state index contributed by atoms with van der Waals surface area (Å²) in [7, 11) is 0. The van der Waals surface area contributed by atoms with Crippen molar-refractivity contribution in [2.24, 2.45) is 5.92 Å². The van der Waals surface area contributed by atoms with Crippen molar-refractivity contribution < 1.29 is 9.59 Å².